The van der Waals surface area contributed by atoms with Crippen molar-refractivity contribution in [2.45, 2.75) is 32.4 Å². The second-order valence-electron chi connectivity index (χ2n) is 5.36. The normalized spacial score (nSPS) is 15.3. The molecule has 20 heavy (non-hydrogen) atoms. The number of nitrogens with zero attached hydrogens (tertiary/aromatic N) is 1. The summed E-state index contributed by atoms with van der Waals surface area (Å²) < 4.78 is 24.8. The smallest absolute Gasteiger partial charge is 0.235 e. The highest BCUT2D eigenvalue weighted by molar-refractivity contribution is 7.88. The molecule has 1 aromatic carbocycles. The number of carbonyl (C=O) groups excluding carboxylic acids is 1. The molecule has 0 radical (unpaired) electrons. The number of sulfonamides is 1. The Balaban J connectivity index is 2.03. The molecule has 1 N–H and O–H groups in total. The summed E-state index contributed by atoms with van der Waals surface area (Å²) in [6.45, 7) is 2.07. The maximum absolute atomic E-state index is 11.8. The van der Waals surface area contributed by atoms with Gasteiger partial charge < -0.3 is 5.32 Å². The minimum atomic E-state index is -3.41. The maximum atomic E-state index is 11.8. The maximum Gasteiger partial charge on any atom is 0.235 e. The lowest BCUT2D eigenvalue weighted by molar-refractivity contribution is -0.121. The number of benzene rings is 1. The van der Waals surface area contributed by atoms with E-state index >= 15 is 0 Å². The van der Waals surface area contributed by atoms with Crippen LogP contribution in [0, 0.1) is 6.92 Å². The van der Waals surface area contributed by atoms with Crippen molar-refractivity contribution in [1.82, 2.24) is 9.62 Å². The molecular weight excluding hydrogens is 276 g/mol. The van der Waals surface area contributed by atoms with E-state index in [4.69, 9.17) is 0 Å². The number of hydrogen-bond donors (Lipinski definition) is 1. The Hall–Kier alpha value is -1.40. The van der Waals surface area contributed by atoms with Crippen molar-refractivity contribution < 1.29 is 13.2 Å². The topological polar surface area (TPSA) is 66.5 Å². The van der Waals surface area contributed by atoms with E-state index in [1.165, 1.54) is 4.31 Å². The zero-order chi connectivity index (χ0) is 14.8. The Bertz CT molecular complexity index is 577. The predicted molar refractivity (Wildman–Crippen MR) is 77.6 cm³/mol. The minimum absolute atomic E-state index is 0.122. The van der Waals surface area contributed by atoms with Crippen LogP contribution in [0.4, 0.5) is 0 Å². The van der Waals surface area contributed by atoms with Crippen molar-refractivity contribution in [3.8, 4) is 0 Å². The van der Waals surface area contributed by atoms with Crippen LogP contribution in [-0.2, 0) is 21.4 Å². The van der Waals surface area contributed by atoms with Crippen LogP contribution in [0.3, 0.4) is 0 Å². The van der Waals surface area contributed by atoms with Crippen LogP contribution in [0.15, 0.2) is 24.3 Å². The zero-order valence-corrected chi connectivity index (χ0v) is 12.6. The molecule has 0 aromatic heterocycles. The summed E-state index contributed by atoms with van der Waals surface area (Å²) in [5.74, 6) is -0.231. The van der Waals surface area contributed by atoms with Crippen molar-refractivity contribution >= 4 is 15.9 Å². The van der Waals surface area contributed by atoms with Gasteiger partial charge in [0.05, 0.1) is 12.8 Å². The first-order valence-corrected chi connectivity index (χ1v) is 8.49. The molecule has 1 aliphatic rings. The number of aryl methyl sites for hydroxylation is 1. The van der Waals surface area contributed by atoms with Gasteiger partial charge >= 0.3 is 0 Å². The van der Waals surface area contributed by atoms with Crippen molar-refractivity contribution in [3.63, 3.8) is 0 Å². The number of carbonyl (C=O) groups is 1. The van der Waals surface area contributed by atoms with Crippen molar-refractivity contribution in [3.05, 3.63) is 35.4 Å². The molecule has 1 amide bonds. The first kappa shape index (κ1) is 15.0. The van der Waals surface area contributed by atoms with Crippen LogP contribution in [0.2, 0.25) is 0 Å². The Morgan fingerprint density at radius 3 is 2.40 bits per heavy atom. The highest BCUT2D eigenvalue weighted by atomic mass is 32.2. The summed E-state index contributed by atoms with van der Waals surface area (Å²) in [5.41, 5.74) is 1.99. The predicted octanol–water partition coefficient (Wildman–Crippen LogP) is 1.04. The summed E-state index contributed by atoms with van der Waals surface area (Å²) in [4.78, 5) is 11.8. The molecule has 0 bridgehead atoms. The molecule has 110 valence electrons. The van der Waals surface area contributed by atoms with Gasteiger partial charge in [0.25, 0.3) is 0 Å². The van der Waals surface area contributed by atoms with E-state index in [-0.39, 0.29) is 25.0 Å². The zero-order valence-electron chi connectivity index (χ0n) is 11.8. The molecule has 1 saturated carbocycles. The monoisotopic (exact) mass is 296 g/mol. The third-order valence-electron chi connectivity index (χ3n) is 3.21. The van der Waals surface area contributed by atoms with Crippen LogP contribution < -0.4 is 5.32 Å². The van der Waals surface area contributed by atoms with E-state index in [2.05, 4.69) is 5.32 Å². The molecule has 1 fully saturated rings. The summed E-state index contributed by atoms with van der Waals surface area (Å²) in [5, 5.41) is 2.81. The molecule has 1 aromatic rings. The van der Waals surface area contributed by atoms with Crippen LogP contribution in [0.25, 0.3) is 0 Å². The van der Waals surface area contributed by atoms with Crippen LogP contribution in [0.1, 0.15) is 24.0 Å². The van der Waals surface area contributed by atoms with Crippen LogP contribution in [-0.4, -0.2) is 37.5 Å². The van der Waals surface area contributed by atoms with E-state index in [0.717, 1.165) is 30.2 Å². The Labute approximate surface area is 120 Å². The second kappa shape index (κ2) is 5.93. The molecule has 0 atom stereocenters. The van der Waals surface area contributed by atoms with Gasteiger partial charge in [-0.05, 0) is 25.3 Å². The molecule has 0 aliphatic heterocycles. The highest BCUT2D eigenvalue weighted by Gasteiger charge is 2.26. The summed E-state index contributed by atoms with van der Waals surface area (Å²) in [7, 11) is -3.41. The summed E-state index contributed by atoms with van der Waals surface area (Å²) in [6.07, 6.45) is 3.11. The molecule has 0 spiro atoms. The van der Waals surface area contributed by atoms with Gasteiger partial charge in [0, 0.05) is 12.6 Å². The Morgan fingerprint density at radius 2 is 1.90 bits per heavy atom. The third-order valence-corrected chi connectivity index (χ3v) is 4.41. The number of rotatable bonds is 6. The molecule has 6 heteroatoms. The van der Waals surface area contributed by atoms with Crippen LogP contribution >= 0.6 is 0 Å². The van der Waals surface area contributed by atoms with Crippen molar-refractivity contribution in [2.24, 2.45) is 0 Å². The molecule has 0 heterocycles. The van der Waals surface area contributed by atoms with Crippen LogP contribution in [0.5, 0.6) is 0 Å². The van der Waals surface area contributed by atoms with Gasteiger partial charge in [0.2, 0.25) is 15.9 Å². The van der Waals surface area contributed by atoms with Gasteiger partial charge in [-0.1, -0.05) is 29.8 Å². The van der Waals surface area contributed by atoms with Crippen molar-refractivity contribution in [2.75, 3.05) is 12.8 Å². The number of amides is 1. The van der Waals surface area contributed by atoms with Gasteiger partial charge in [-0.25, -0.2) is 8.42 Å². The van der Waals surface area contributed by atoms with E-state index in [0.29, 0.717) is 0 Å². The van der Waals surface area contributed by atoms with Gasteiger partial charge in [-0.2, -0.15) is 4.31 Å². The largest absolute Gasteiger partial charge is 0.352 e. The highest BCUT2D eigenvalue weighted by Crippen LogP contribution is 2.18. The quantitative estimate of drug-likeness (QED) is 0.853. The fourth-order valence-corrected chi connectivity index (χ4v) is 2.58. The standard InChI is InChI=1S/C14H20N2O3S/c1-11-3-5-12(6-4-11)9-16(20(2,18)19)10-14(17)15-13-7-8-13/h3-6,13H,7-10H2,1-2H3,(H,15,17). The molecule has 5 nitrogen and oxygen atoms in total. The minimum Gasteiger partial charge on any atom is -0.352 e. The van der Waals surface area contributed by atoms with Gasteiger partial charge in [-0.3, -0.25) is 4.79 Å². The van der Waals surface area contributed by atoms with E-state index in [1.807, 2.05) is 31.2 Å². The van der Waals surface area contributed by atoms with E-state index < -0.39 is 10.0 Å². The van der Waals surface area contributed by atoms with Gasteiger partial charge in [-0.15, -0.1) is 0 Å². The lowest BCUT2D eigenvalue weighted by Crippen LogP contribution is -2.40. The average molecular weight is 296 g/mol. The summed E-state index contributed by atoms with van der Waals surface area (Å²) in [6, 6.07) is 7.86. The third kappa shape index (κ3) is 4.61. The number of nitrogens with one attached hydrogen (secondary N) is 1. The van der Waals surface area contributed by atoms with E-state index in [9.17, 15) is 13.2 Å². The lowest BCUT2D eigenvalue weighted by Gasteiger charge is -2.19. The molecule has 0 unspecified atom stereocenters. The SMILES string of the molecule is Cc1ccc(CN(CC(=O)NC2CC2)S(C)(=O)=O)cc1. The van der Waals surface area contributed by atoms with E-state index in [1.54, 1.807) is 0 Å². The molecular formula is C14H20N2O3S. The fraction of sp³-hybridized carbons (Fsp3) is 0.500. The molecule has 2 rings (SSSR count). The average Bonchev–Trinajstić information content (AvgIpc) is 3.13. The van der Waals surface area contributed by atoms with Gasteiger partial charge in [0.1, 0.15) is 0 Å². The molecule has 1 aliphatic carbocycles. The first-order chi connectivity index (χ1) is 9.34. The van der Waals surface area contributed by atoms with Gasteiger partial charge in [0.15, 0.2) is 0 Å². The number of hydrogen-bond acceptors (Lipinski definition) is 3. The van der Waals surface area contributed by atoms with Crippen molar-refractivity contribution in [1.29, 1.82) is 0 Å². The fourth-order valence-electron chi connectivity index (χ4n) is 1.85. The summed E-state index contributed by atoms with van der Waals surface area (Å²) >= 11 is 0. The second-order valence-corrected chi connectivity index (χ2v) is 7.34. The Kier molecular flexibility index (Phi) is 4.45. The Morgan fingerprint density at radius 1 is 1.30 bits per heavy atom. The first-order valence-electron chi connectivity index (χ1n) is 6.64. The molecule has 0 saturated heterocycles. The lowest BCUT2D eigenvalue weighted by atomic mass is 10.1.